The molecular formula is C24H29NO5S. The van der Waals surface area contributed by atoms with E-state index in [1.54, 1.807) is 16.7 Å². The zero-order valence-corrected chi connectivity index (χ0v) is 18.4. The molecule has 4 rings (SSSR count). The number of fused-ring (bicyclic) bond motifs is 1. The van der Waals surface area contributed by atoms with Crippen LogP contribution in [0.2, 0.25) is 0 Å². The lowest BCUT2D eigenvalue weighted by Gasteiger charge is -2.42. The molecule has 0 radical (unpaired) electrons. The summed E-state index contributed by atoms with van der Waals surface area (Å²) in [5.74, 6) is 0. The number of hydrogen-bond donors (Lipinski definition) is 1. The summed E-state index contributed by atoms with van der Waals surface area (Å²) < 4.78 is 17.7. The molecule has 7 heteroatoms. The maximum atomic E-state index is 12.8. The SMILES string of the molecule is CCCCOCC1O[C@H](Sc2ccccc2)C2[C@@H](OC(=O)N2Cc2ccccc2)[C@@H]1O. The van der Waals surface area contributed by atoms with E-state index < -0.39 is 30.4 Å². The summed E-state index contributed by atoms with van der Waals surface area (Å²) in [5, 5.41) is 11.0. The molecular weight excluding hydrogens is 414 g/mol. The maximum Gasteiger partial charge on any atom is 0.411 e. The first kappa shape index (κ1) is 22.1. The number of ether oxygens (including phenoxy) is 3. The van der Waals surface area contributed by atoms with Gasteiger partial charge in [0.15, 0.2) is 6.10 Å². The van der Waals surface area contributed by atoms with Crippen molar-refractivity contribution >= 4 is 17.9 Å². The number of benzene rings is 2. The summed E-state index contributed by atoms with van der Waals surface area (Å²) in [4.78, 5) is 15.5. The first-order valence-corrected chi connectivity index (χ1v) is 11.7. The van der Waals surface area contributed by atoms with Gasteiger partial charge in [0.05, 0.1) is 6.61 Å². The highest BCUT2D eigenvalue weighted by Crippen LogP contribution is 2.40. The number of nitrogens with zero attached hydrogens (tertiary/aromatic N) is 1. The van der Waals surface area contributed by atoms with E-state index in [0.29, 0.717) is 13.2 Å². The van der Waals surface area contributed by atoms with Crippen LogP contribution < -0.4 is 0 Å². The first-order valence-electron chi connectivity index (χ1n) is 10.8. The number of aliphatic hydroxyl groups is 1. The Morgan fingerprint density at radius 1 is 1.10 bits per heavy atom. The van der Waals surface area contributed by atoms with Crippen LogP contribution in [-0.4, -0.2) is 59.1 Å². The molecule has 2 saturated heterocycles. The molecule has 6 nitrogen and oxygen atoms in total. The summed E-state index contributed by atoms with van der Waals surface area (Å²) in [6.07, 6.45) is -0.583. The molecule has 0 saturated carbocycles. The van der Waals surface area contributed by atoms with Crippen LogP contribution in [0.25, 0.3) is 0 Å². The Kier molecular flexibility index (Phi) is 7.50. The van der Waals surface area contributed by atoms with Crippen molar-refractivity contribution in [2.75, 3.05) is 13.2 Å². The fourth-order valence-electron chi connectivity index (χ4n) is 3.94. The molecule has 2 unspecified atom stereocenters. The highest BCUT2D eigenvalue weighted by molar-refractivity contribution is 7.99. The number of thioether (sulfide) groups is 1. The lowest BCUT2D eigenvalue weighted by atomic mass is 9.97. The minimum atomic E-state index is -0.941. The molecule has 2 aliphatic rings. The Morgan fingerprint density at radius 2 is 1.81 bits per heavy atom. The molecule has 0 aliphatic carbocycles. The largest absolute Gasteiger partial charge is 0.441 e. The maximum absolute atomic E-state index is 12.8. The highest BCUT2D eigenvalue weighted by atomic mass is 32.2. The van der Waals surface area contributed by atoms with E-state index in [0.717, 1.165) is 23.3 Å². The van der Waals surface area contributed by atoms with Gasteiger partial charge in [-0.2, -0.15) is 0 Å². The summed E-state index contributed by atoms with van der Waals surface area (Å²) in [6.45, 7) is 3.40. The van der Waals surface area contributed by atoms with Gasteiger partial charge in [0.2, 0.25) is 0 Å². The monoisotopic (exact) mass is 443 g/mol. The van der Waals surface area contributed by atoms with Crippen LogP contribution in [0.15, 0.2) is 65.6 Å². The number of amides is 1. The zero-order chi connectivity index (χ0) is 21.6. The summed E-state index contributed by atoms with van der Waals surface area (Å²) in [7, 11) is 0. The molecule has 1 amide bonds. The third-order valence-electron chi connectivity index (χ3n) is 5.59. The Bertz CT molecular complexity index is 836. The standard InChI is InChI=1S/C24H29NO5S/c1-2-3-14-28-16-19-21(26)22-20(23(29-19)31-18-12-8-5-9-13-18)25(24(27)30-22)15-17-10-6-4-7-11-17/h4-13,19-23,26H,2-3,14-16H2,1H3/t19?,20?,21-,22-,23-/m1/s1. The molecule has 166 valence electrons. The fraction of sp³-hybridized carbons (Fsp3) is 0.458. The zero-order valence-electron chi connectivity index (χ0n) is 17.6. The average molecular weight is 444 g/mol. The van der Waals surface area contributed by atoms with Gasteiger partial charge in [-0.15, -0.1) is 0 Å². The van der Waals surface area contributed by atoms with Crippen molar-refractivity contribution in [2.24, 2.45) is 0 Å². The van der Waals surface area contributed by atoms with Gasteiger partial charge in [0, 0.05) is 18.0 Å². The molecule has 0 spiro atoms. The van der Waals surface area contributed by atoms with Crippen molar-refractivity contribution in [1.82, 2.24) is 4.90 Å². The van der Waals surface area contributed by atoms with Crippen LogP contribution in [0.4, 0.5) is 4.79 Å². The van der Waals surface area contributed by atoms with E-state index >= 15 is 0 Å². The average Bonchev–Trinajstić information content (AvgIpc) is 3.12. The number of unbranched alkanes of at least 4 members (excludes halogenated alkanes) is 1. The number of carbonyl (C=O) groups is 1. The van der Waals surface area contributed by atoms with E-state index in [9.17, 15) is 9.90 Å². The third kappa shape index (κ3) is 5.23. The second-order valence-corrected chi connectivity index (χ2v) is 9.02. The molecule has 1 N–H and O–H groups in total. The van der Waals surface area contributed by atoms with E-state index in [4.69, 9.17) is 14.2 Å². The molecule has 2 aromatic rings. The minimum Gasteiger partial charge on any atom is -0.441 e. The van der Waals surface area contributed by atoms with Gasteiger partial charge >= 0.3 is 6.09 Å². The lowest BCUT2D eigenvalue weighted by molar-refractivity contribution is -0.168. The van der Waals surface area contributed by atoms with Crippen LogP contribution in [0.5, 0.6) is 0 Å². The fourth-order valence-corrected chi connectivity index (χ4v) is 5.16. The number of rotatable bonds is 9. The van der Waals surface area contributed by atoms with E-state index in [2.05, 4.69) is 6.92 Å². The van der Waals surface area contributed by atoms with Crippen molar-refractivity contribution in [3.63, 3.8) is 0 Å². The summed E-state index contributed by atoms with van der Waals surface area (Å²) >= 11 is 1.54. The van der Waals surface area contributed by atoms with E-state index in [1.807, 2.05) is 60.7 Å². The highest BCUT2D eigenvalue weighted by Gasteiger charge is 2.56. The van der Waals surface area contributed by atoms with Gasteiger partial charge in [-0.25, -0.2) is 4.79 Å². The van der Waals surface area contributed by atoms with Gasteiger partial charge in [0.25, 0.3) is 0 Å². The normalized spacial score (nSPS) is 27.7. The van der Waals surface area contributed by atoms with Crippen LogP contribution in [0.3, 0.4) is 0 Å². The quantitative estimate of drug-likeness (QED) is 0.589. The van der Waals surface area contributed by atoms with Crippen molar-refractivity contribution in [3.8, 4) is 0 Å². The van der Waals surface area contributed by atoms with Gasteiger partial charge in [-0.1, -0.05) is 73.6 Å². The third-order valence-corrected chi connectivity index (χ3v) is 6.76. The number of hydrogen-bond acceptors (Lipinski definition) is 6. The van der Waals surface area contributed by atoms with Crippen LogP contribution in [0, 0.1) is 0 Å². The van der Waals surface area contributed by atoms with Crippen molar-refractivity contribution in [2.45, 2.75) is 61.0 Å². The van der Waals surface area contributed by atoms with Crippen molar-refractivity contribution < 1.29 is 24.1 Å². The van der Waals surface area contributed by atoms with Crippen molar-refractivity contribution in [1.29, 1.82) is 0 Å². The van der Waals surface area contributed by atoms with E-state index in [-0.39, 0.29) is 12.0 Å². The summed E-state index contributed by atoms with van der Waals surface area (Å²) in [6, 6.07) is 19.3. The van der Waals surface area contributed by atoms with Gasteiger partial charge in [0.1, 0.15) is 23.7 Å². The van der Waals surface area contributed by atoms with Gasteiger partial charge in [-0.05, 0) is 24.1 Å². The molecule has 31 heavy (non-hydrogen) atoms. The first-order chi connectivity index (χ1) is 15.2. The smallest absolute Gasteiger partial charge is 0.411 e. The Labute approximate surface area is 187 Å². The Hall–Kier alpha value is -2.06. The van der Waals surface area contributed by atoms with Gasteiger partial charge < -0.3 is 19.3 Å². The predicted molar refractivity (Wildman–Crippen MR) is 119 cm³/mol. The Morgan fingerprint density at radius 3 is 2.52 bits per heavy atom. The topological polar surface area (TPSA) is 68.2 Å². The number of aliphatic hydroxyl groups excluding tert-OH is 1. The summed E-state index contributed by atoms with van der Waals surface area (Å²) in [5.41, 5.74) is 0.619. The second kappa shape index (κ2) is 10.5. The second-order valence-electron chi connectivity index (χ2n) is 7.85. The van der Waals surface area contributed by atoms with Crippen LogP contribution in [0.1, 0.15) is 25.3 Å². The van der Waals surface area contributed by atoms with Gasteiger partial charge in [-0.3, -0.25) is 4.90 Å². The van der Waals surface area contributed by atoms with Crippen molar-refractivity contribution in [3.05, 3.63) is 66.2 Å². The Balaban J connectivity index is 1.55. The predicted octanol–water partition coefficient (Wildman–Crippen LogP) is 4.07. The van der Waals surface area contributed by atoms with Crippen LogP contribution in [-0.2, 0) is 20.8 Å². The molecule has 2 heterocycles. The molecule has 0 aromatic heterocycles. The van der Waals surface area contributed by atoms with Crippen LogP contribution >= 0.6 is 11.8 Å². The molecule has 2 fully saturated rings. The van der Waals surface area contributed by atoms with E-state index in [1.165, 1.54) is 0 Å². The molecule has 5 atom stereocenters. The molecule has 0 bridgehead atoms. The molecule has 2 aliphatic heterocycles. The molecule has 2 aromatic carbocycles. The lowest BCUT2D eigenvalue weighted by Crippen LogP contribution is -2.59. The number of carbonyl (C=O) groups excluding carboxylic acids is 1. The minimum absolute atomic E-state index is 0.270.